The molecule has 0 spiro atoms. The number of hydrogen-bond donors (Lipinski definition) is 1. The number of Topliss-reactive ketones (excluding diaryl/α,β-unsaturated/α-hetero) is 1. The molecule has 0 radical (unpaired) electrons. The van der Waals surface area contributed by atoms with E-state index in [1.807, 2.05) is 0 Å². The summed E-state index contributed by atoms with van der Waals surface area (Å²) >= 11 is 0. The van der Waals surface area contributed by atoms with Gasteiger partial charge in [-0.3, -0.25) is 4.79 Å². The summed E-state index contributed by atoms with van der Waals surface area (Å²) in [6, 6.07) is 0. The van der Waals surface area contributed by atoms with Crippen molar-refractivity contribution in [2.45, 2.75) is 44.8 Å². The topological polar surface area (TPSA) is 43.1 Å². The molecular weight excluding hydrogens is 183 g/mol. The zero-order valence-corrected chi connectivity index (χ0v) is 7.74. The Hall–Kier alpha value is -0.580. The van der Waals surface area contributed by atoms with Crippen molar-refractivity contribution in [1.29, 1.82) is 0 Å². The summed E-state index contributed by atoms with van der Waals surface area (Å²) in [5.41, 5.74) is 2.21. The molecule has 13 heavy (non-hydrogen) atoms. The molecule has 2 N–H and O–H groups in total. The highest BCUT2D eigenvalue weighted by atomic mass is 19.4. The number of hydrogen-bond acceptors (Lipinski definition) is 2. The lowest BCUT2D eigenvalue weighted by atomic mass is 9.93. The SMILES string of the molecule is CCCCC(=O)C(C)(N)C(F)(F)F. The molecule has 5 heteroatoms. The van der Waals surface area contributed by atoms with E-state index in [4.69, 9.17) is 5.73 Å². The standard InChI is InChI=1S/C8H14F3NO/c1-3-4-5-6(13)7(2,12)8(9,10)11/h3-5,12H2,1-2H3. The van der Waals surface area contributed by atoms with E-state index in [0.717, 1.165) is 0 Å². The van der Waals surface area contributed by atoms with Gasteiger partial charge in [0.1, 0.15) is 0 Å². The maximum atomic E-state index is 12.2. The third kappa shape index (κ3) is 2.99. The van der Waals surface area contributed by atoms with Gasteiger partial charge in [0.05, 0.1) is 0 Å². The Morgan fingerprint density at radius 2 is 1.85 bits per heavy atom. The molecule has 2 nitrogen and oxygen atoms in total. The highest BCUT2D eigenvalue weighted by molar-refractivity contribution is 5.88. The summed E-state index contributed by atoms with van der Waals surface area (Å²) in [7, 11) is 0. The molecule has 0 aliphatic carbocycles. The molecule has 0 aromatic heterocycles. The van der Waals surface area contributed by atoms with Gasteiger partial charge < -0.3 is 5.73 Å². The zero-order chi connectivity index (χ0) is 10.7. The maximum absolute atomic E-state index is 12.2. The van der Waals surface area contributed by atoms with Gasteiger partial charge in [-0.1, -0.05) is 13.3 Å². The average Bonchev–Trinajstić information content (AvgIpc) is 1.97. The largest absolute Gasteiger partial charge is 0.413 e. The van der Waals surface area contributed by atoms with Crippen molar-refractivity contribution in [1.82, 2.24) is 0 Å². The molecule has 0 amide bonds. The van der Waals surface area contributed by atoms with E-state index in [9.17, 15) is 18.0 Å². The molecule has 0 fully saturated rings. The summed E-state index contributed by atoms with van der Waals surface area (Å²) in [6.45, 7) is 2.51. The zero-order valence-electron chi connectivity index (χ0n) is 7.74. The second kappa shape index (κ2) is 4.09. The van der Waals surface area contributed by atoms with Crippen LogP contribution in [0.4, 0.5) is 13.2 Å². The fraction of sp³-hybridized carbons (Fsp3) is 0.875. The quantitative estimate of drug-likeness (QED) is 0.749. The number of rotatable bonds is 4. The first-order valence-corrected chi connectivity index (χ1v) is 4.12. The van der Waals surface area contributed by atoms with E-state index in [-0.39, 0.29) is 6.42 Å². The minimum Gasteiger partial charge on any atom is -0.312 e. The van der Waals surface area contributed by atoms with Crippen LogP contribution in [0, 0.1) is 0 Å². The highest BCUT2D eigenvalue weighted by Gasteiger charge is 2.52. The van der Waals surface area contributed by atoms with Crippen LogP contribution in [0.3, 0.4) is 0 Å². The molecule has 0 saturated heterocycles. The molecule has 0 aromatic carbocycles. The number of carbonyl (C=O) groups excluding carboxylic acids is 1. The molecular formula is C8H14F3NO. The number of nitrogens with two attached hydrogens (primary N) is 1. The number of halogens is 3. The van der Waals surface area contributed by atoms with Gasteiger partial charge in [-0.05, 0) is 13.3 Å². The van der Waals surface area contributed by atoms with Crippen molar-refractivity contribution >= 4 is 5.78 Å². The van der Waals surface area contributed by atoms with Gasteiger partial charge >= 0.3 is 6.18 Å². The molecule has 1 atom stereocenters. The van der Waals surface area contributed by atoms with Gasteiger partial charge in [-0.25, -0.2) is 0 Å². The van der Waals surface area contributed by atoms with Crippen molar-refractivity contribution in [2.24, 2.45) is 5.73 Å². The molecule has 1 unspecified atom stereocenters. The van der Waals surface area contributed by atoms with Crippen molar-refractivity contribution in [3.05, 3.63) is 0 Å². The summed E-state index contributed by atoms with van der Waals surface area (Å²) in [5.74, 6) is -0.943. The number of unbranched alkanes of at least 4 members (excludes halogenated alkanes) is 1. The third-order valence-electron chi connectivity index (χ3n) is 1.93. The van der Waals surface area contributed by atoms with Crippen molar-refractivity contribution in [3.8, 4) is 0 Å². The monoisotopic (exact) mass is 197 g/mol. The van der Waals surface area contributed by atoms with Crippen molar-refractivity contribution in [2.75, 3.05) is 0 Å². The van der Waals surface area contributed by atoms with Gasteiger partial charge in [0.25, 0.3) is 0 Å². The van der Waals surface area contributed by atoms with Gasteiger partial charge in [0.2, 0.25) is 0 Å². The first-order valence-electron chi connectivity index (χ1n) is 4.12. The summed E-state index contributed by atoms with van der Waals surface area (Å²) in [5, 5.41) is 0. The Bertz CT molecular complexity index is 186. The van der Waals surface area contributed by atoms with Gasteiger partial charge in [-0.2, -0.15) is 13.2 Å². The summed E-state index contributed by atoms with van der Waals surface area (Å²) in [4.78, 5) is 11.0. The minimum absolute atomic E-state index is 0.108. The second-order valence-corrected chi connectivity index (χ2v) is 3.23. The Kier molecular flexibility index (Phi) is 3.90. The minimum atomic E-state index is -4.65. The molecule has 0 aromatic rings. The van der Waals surface area contributed by atoms with Crippen LogP contribution < -0.4 is 5.73 Å². The normalized spacial score (nSPS) is 16.8. The van der Waals surface area contributed by atoms with Gasteiger partial charge in [0, 0.05) is 6.42 Å². The first kappa shape index (κ1) is 12.4. The molecule has 0 aliphatic rings. The maximum Gasteiger partial charge on any atom is 0.413 e. The molecule has 0 heterocycles. The van der Waals surface area contributed by atoms with Crippen LogP contribution in [0.2, 0.25) is 0 Å². The van der Waals surface area contributed by atoms with Gasteiger partial charge in [0.15, 0.2) is 11.3 Å². The number of carbonyl (C=O) groups is 1. The molecule has 0 rings (SSSR count). The van der Waals surface area contributed by atoms with Crippen LogP contribution in [-0.4, -0.2) is 17.5 Å². The molecule has 78 valence electrons. The van der Waals surface area contributed by atoms with Crippen LogP contribution >= 0.6 is 0 Å². The Balaban J connectivity index is 4.37. The molecule has 0 aliphatic heterocycles. The van der Waals surface area contributed by atoms with E-state index in [0.29, 0.717) is 19.8 Å². The lowest BCUT2D eigenvalue weighted by molar-refractivity contribution is -0.186. The molecule has 0 bridgehead atoms. The van der Waals surface area contributed by atoms with Crippen LogP contribution in [-0.2, 0) is 4.79 Å². The van der Waals surface area contributed by atoms with Crippen molar-refractivity contribution < 1.29 is 18.0 Å². The molecule has 0 saturated carbocycles. The number of ketones is 1. The predicted molar refractivity (Wildman–Crippen MR) is 43.2 cm³/mol. The third-order valence-corrected chi connectivity index (χ3v) is 1.93. The predicted octanol–water partition coefficient (Wildman–Crippen LogP) is 2.03. The van der Waals surface area contributed by atoms with E-state index in [2.05, 4.69) is 0 Å². The second-order valence-electron chi connectivity index (χ2n) is 3.23. The van der Waals surface area contributed by atoms with E-state index >= 15 is 0 Å². The van der Waals surface area contributed by atoms with Gasteiger partial charge in [-0.15, -0.1) is 0 Å². The van der Waals surface area contributed by atoms with Crippen molar-refractivity contribution in [3.63, 3.8) is 0 Å². The van der Waals surface area contributed by atoms with Crippen LogP contribution in [0.15, 0.2) is 0 Å². The van der Waals surface area contributed by atoms with Crippen LogP contribution in [0.25, 0.3) is 0 Å². The summed E-state index contributed by atoms with van der Waals surface area (Å²) in [6.07, 6.45) is -3.64. The summed E-state index contributed by atoms with van der Waals surface area (Å²) < 4.78 is 36.5. The van der Waals surface area contributed by atoms with E-state index in [1.54, 1.807) is 6.92 Å². The fourth-order valence-corrected chi connectivity index (χ4v) is 0.755. The van der Waals surface area contributed by atoms with Crippen LogP contribution in [0.1, 0.15) is 33.1 Å². The Labute approximate surface area is 75.3 Å². The van der Waals surface area contributed by atoms with E-state index in [1.165, 1.54) is 0 Å². The first-order chi connectivity index (χ1) is 5.73. The Morgan fingerprint density at radius 3 is 2.15 bits per heavy atom. The number of alkyl halides is 3. The van der Waals surface area contributed by atoms with E-state index < -0.39 is 17.5 Å². The average molecular weight is 197 g/mol. The Morgan fingerprint density at radius 1 is 1.38 bits per heavy atom. The fourth-order valence-electron chi connectivity index (χ4n) is 0.755. The lowest BCUT2D eigenvalue weighted by Crippen LogP contribution is -2.57. The lowest BCUT2D eigenvalue weighted by Gasteiger charge is -2.25. The van der Waals surface area contributed by atoms with Crippen LogP contribution in [0.5, 0.6) is 0 Å². The highest BCUT2D eigenvalue weighted by Crippen LogP contribution is 2.29. The smallest absolute Gasteiger partial charge is 0.312 e.